The molecule has 0 spiro atoms. The van der Waals surface area contributed by atoms with Crippen molar-refractivity contribution in [2.24, 2.45) is 5.92 Å². The summed E-state index contributed by atoms with van der Waals surface area (Å²) in [6.07, 6.45) is 5.90. The van der Waals surface area contributed by atoms with Crippen LogP contribution in [0, 0.1) is 29.4 Å². The fourth-order valence-corrected chi connectivity index (χ4v) is 3.43. The molecule has 0 unspecified atom stereocenters. The van der Waals surface area contributed by atoms with Crippen LogP contribution in [0.5, 0.6) is 0 Å². The van der Waals surface area contributed by atoms with E-state index in [1.807, 2.05) is 6.08 Å². The average molecular weight is 357 g/mol. The van der Waals surface area contributed by atoms with Crippen molar-refractivity contribution in [1.29, 1.82) is 0 Å². The summed E-state index contributed by atoms with van der Waals surface area (Å²) in [6.45, 7) is 3.83. The van der Waals surface area contributed by atoms with Gasteiger partial charge < -0.3 is 0 Å². The Bertz CT molecular complexity index is 796. The molecule has 0 aromatic heterocycles. The minimum Gasteiger partial charge on any atom is -0.206 e. The molecule has 2 aromatic carbocycles. The highest BCUT2D eigenvalue weighted by atomic mass is 35.5. The van der Waals surface area contributed by atoms with Crippen molar-refractivity contribution in [3.05, 3.63) is 82.4 Å². The molecule has 3 rings (SSSR count). The van der Waals surface area contributed by atoms with Crippen LogP contribution < -0.4 is 0 Å². The fourth-order valence-electron chi connectivity index (χ4n) is 3.30. The first-order valence-electron chi connectivity index (χ1n) is 8.46. The van der Waals surface area contributed by atoms with Gasteiger partial charge in [0.15, 0.2) is 0 Å². The highest BCUT2D eigenvalue weighted by Gasteiger charge is 2.22. The molecular formula is C22H19ClF2. The number of halogens is 3. The Labute approximate surface area is 152 Å². The number of benzene rings is 2. The minimum atomic E-state index is -0.595. The van der Waals surface area contributed by atoms with E-state index in [-0.39, 0.29) is 11.5 Å². The standard InChI is InChI=1S/C22H19ClF2/c1-2-15-3-8-17(9-4-15)18-13-21(24)20(22(25)14-18)12-7-16-5-10-19(23)11-6-16/h2,5-6,10-11,13-15,17H,1,3-4,8-9H2. The van der Waals surface area contributed by atoms with Crippen LogP contribution in [-0.4, -0.2) is 0 Å². The van der Waals surface area contributed by atoms with Crippen LogP contribution in [0.1, 0.15) is 48.3 Å². The van der Waals surface area contributed by atoms with Crippen LogP contribution in [0.15, 0.2) is 49.1 Å². The maximum Gasteiger partial charge on any atom is 0.142 e. The molecular weight excluding hydrogens is 338 g/mol. The van der Waals surface area contributed by atoms with Crippen molar-refractivity contribution in [3.63, 3.8) is 0 Å². The van der Waals surface area contributed by atoms with Crippen molar-refractivity contribution in [2.75, 3.05) is 0 Å². The van der Waals surface area contributed by atoms with Crippen molar-refractivity contribution in [3.8, 4) is 11.8 Å². The summed E-state index contributed by atoms with van der Waals surface area (Å²) < 4.78 is 28.8. The Morgan fingerprint density at radius 1 is 0.960 bits per heavy atom. The number of allylic oxidation sites excluding steroid dienone is 1. The van der Waals surface area contributed by atoms with Crippen LogP contribution in [-0.2, 0) is 0 Å². The van der Waals surface area contributed by atoms with Gasteiger partial charge in [0.05, 0.1) is 5.56 Å². The molecule has 128 valence electrons. The molecule has 3 heteroatoms. The lowest BCUT2D eigenvalue weighted by atomic mass is 9.78. The molecule has 1 aliphatic rings. The molecule has 0 atom stereocenters. The molecule has 0 heterocycles. The van der Waals surface area contributed by atoms with Gasteiger partial charge in [-0.1, -0.05) is 29.5 Å². The fraction of sp³-hybridized carbons (Fsp3) is 0.273. The van der Waals surface area contributed by atoms with E-state index in [0.29, 0.717) is 16.5 Å². The average Bonchev–Trinajstić information content (AvgIpc) is 2.62. The van der Waals surface area contributed by atoms with Gasteiger partial charge in [0.25, 0.3) is 0 Å². The first-order valence-corrected chi connectivity index (χ1v) is 8.83. The minimum absolute atomic E-state index is 0.182. The molecule has 1 saturated carbocycles. The maximum absolute atomic E-state index is 14.4. The first kappa shape index (κ1) is 17.7. The van der Waals surface area contributed by atoms with E-state index in [1.165, 1.54) is 12.1 Å². The van der Waals surface area contributed by atoms with Crippen molar-refractivity contribution in [1.82, 2.24) is 0 Å². The van der Waals surface area contributed by atoms with Gasteiger partial charge in [0, 0.05) is 10.6 Å². The molecule has 0 radical (unpaired) electrons. The van der Waals surface area contributed by atoms with E-state index >= 15 is 0 Å². The number of hydrogen-bond acceptors (Lipinski definition) is 0. The summed E-state index contributed by atoms with van der Waals surface area (Å²) in [4.78, 5) is 0. The van der Waals surface area contributed by atoms with E-state index in [0.717, 1.165) is 31.2 Å². The van der Waals surface area contributed by atoms with E-state index in [1.54, 1.807) is 24.3 Å². The summed E-state index contributed by atoms with van der Waals surface area (Å²) in [7, 11) is 0. The van der Waals surface area contributed by atoms with Gasteiger partial charge in [0.1, 0.15) is 11.6 Å². The monoisotopic (exact) mass is 356 g/mol. The SMILES string of the molecule is C=CC1CCC(c2cc(F)c(C#Cc3ccc(Cl)cc3)c(F)c2)CC1. The molecule has 0 N–H and O–H groups in total. The third kappa shape index (κ3) is 4.30. The Hall–Kier alpha value is -2.11. The zero-order valence-corrected chi connectivity index (χ0v) is 14.6. The predicted molar refractivity (Wildman–Crippen MR) is 98.7 cm³/mol. The second-order valence-electron chi connectivity index (χ2n) is 6.46. The van der Waals surface area contributed by atoms with Gasteiger partial charge in [-0.25, -0.2) is 8.78 Å². The van der Waals surface area contributed by atoms with Crippen LogP contribution in [0.4, 0.5) is 8.78 Å². The van der Waals surface area contributed by atoms with Crippen molar-refractivity contribution < 1.29 is 8.78 Å². The lowest BCUT2D eigenvalue weighted by molar-refractivity contribution is 0.374. The van der Waals surface area contributed by atoms with Gasteiger partial charge in [-0.15, -0.1) is 6.58 Å². The van der Waals surface area contributed by atoms with Gasteiger partial charge in [-0.3, -0.25) is 0 Å². The van der Waals surface area contributed by atoms with E-state index in [9.17, 15) is 8.78 Å². The number of rotatable bonds is 2. The van der Waals surface area contributed by atoms with Gasteiger partial charge in [-0.2, -0.15) is 0 Å². The Balaban J connectivity index is 1.81. The Morgan fingerprint density at radius 3 is 2.12 bits per heavy atom. The molecule has 25 heavy (non-hydrogen) atoms. The molecule has 0 aliphatic heterocycles. The highest BCUT2D eigenvalue weighted by molar-refractivity contribution is 6.30. The second kappa shape index (κ2) is 7.85. The Morgan fingerprint density at radius 2 is 1.56 bits per heavy atom. The molecule has 0 amide bonds. The smallest absolute Gasteiger partial charge is 0.142 e. The number of hydrogen-bond donors (Lipinski definition) is 0. The topological polar surface area (TPSA) is 0 Å². The molecule has 0 nitrogen and oxygen atoms in total. The van der Waals surface area contributed by atoms with Crippen molar-refractivity contribution in [2.45, 2.75) is 31.6 Å². The van der Waals surface area contributed by atoms with Crippen LogP contribution in [0.3, 0.4) is 0 Å². The normalized spacial score (nSPS) is 19.8. The van der Waals surface area contributed by atoms with Crippen LogP contribution in [0.25, 0.3) is 0 Å². The molecule has 1 fully saturated rings. The van der Waals surface area contributed by atoms with Gasteiger partial charge in [-0.05, 0) is 79.5 Å². The predicted octanol–water partition coefficient (Wildman–Crippen LogP) is 6.48. The lowest BCUT2D eigenvalue weighted by Gasteiger charge is -2.27. The highest BCUT2D eigenvalue weighted by Crippen LogP contribution is 2.37. The third-order valence-electron chi connectivity index (χ3n) is 4.82. The van der Waals surface area contributed by atoms with Gasteiger partial charge in [0.2, 0.25) is 0 Å². The van der Waals surface area contributed by atoms with E-state index < -0.39 is 11.6 Å². The van der Waals surface area contributed by atoms with E-state index in [2.05, 4.69) is 18.4 Å². The summed E-state index contributed by atoms with van der Waals surface area (Å²) >= 11 is 5.82. The lowest BCUT2D eigenvalue weighted by Crippen LogP contribution is -2.12. The summed E-state index contributed by atoms with van der Waals surface area (Å²) in [5.41, 5.74) is 1.21. The summed E-state index contributed by atoms with van der Waals surface area (Å²) in [5.74, 6) is 4.93. The molecule has 2 aromatic rings. The molecule has 1 aliphatic carbocycles. The van der Waals surface area contributed by atoms with E-state index in [4.69, 9.17) is 11.6 Å². The summed E-state index contributed by atoms with van der Waals surface area (Å²) in [6, 6.07) is 9.71. The molecule has 0 saturated heterocycles. The zero-order chi connectivity index (χ0) is 17.8. The third-order valence-corrected chi connectivity index (χ3v) is 5.07. The largest absolute Gasteiger partial charge is 0.206 e. The van der Waals surface area contributed by atoms with Gasteiger partial charge >= 0.3 is 0 Å². The molecule has 0 bridgehead atoms. The zero-order valence-electron chi connectivity index (χ0n) is 13.9. The quantitative estimate of drug-likeness (QED) is 0.427. The van der Waals surface area contributed by atoms with Crippen LogP contribution >= 0.6 is 11.6 Å². The Kier molecular flexibility index (Phi) is 5.56. The first-order chi connectivity index (χ1) is 12.1. The summed E-state index contributed by atoms with van der Waals surface area (Å²) in [5, 5.41) is 0.596. The maximum atomic E-state index is 14.4. The van der Waals surface area contributed by atoms with Crippen molar-refractivity contribution >= 4 is 11.6 Å². The second-order valence-corrected chi connectivity index (χ2v) is 6.90. The van der Waals surface area contributed by atoms with Crippen LogP contribution in [0.2, 0.25) is 5.02 Å².